The van der Waals surface area contributed by atoms with Crippen LogP contribution in [-0.4, -0.2) is 38.0 Å². The standard InChI is InChI=1S/C16H15N5OS/c1-2-9-21(11-14-4-3-10-23-14)16(22)13-7-5-12(6-8-13)15-17-19-20-18-15/h2-8,10H,1,9,11H2,(H,17,18,19,20). The Kier molecular flexibility index (Phi) is 4.58. The molecule has 3 rings (SSSR count). The average Bonchev–Trinajstić information content (AvgIpc) is 3.28. The van der Waals surface area contributed by atoms with E-state index in [1.54, 1.807) is 34.4 Å². The fourth-order valence-electron chi connectivity index (χ4n) is 2.19. The number of amides is 1. The molecular formula is C16H15N5OS. The molecule has 1 amide bonds. The Morgan fingerprint density at radius 3 is 2.74 bits per heavy atom. The number of nitrogens with zero attached hydrogens (tertiary/aromatic N) is 4. The first-order chi connectivity index (χ1) is 11.3. The van der Waals surface area contributed by atoms with Crippen molar-refractivity contribution in [2.24, 2.45) is 0 Å². The molecule has 2 heterocycles. The van der Waals surface area contributed by atoms with Gasteiger partial charge in [0.15, 0.2) is 0 Å². The molecule has 7 heteroatoms. The molecule has 0 saturated carbocycles. The van der Waals surface area contributed by atoms with Crippen LogP contribution in [0.3, 0.4) is 0 Å². The lowest BCUT2D eigenvalue weighted by Crippen LogP contribution is -2.30. The SMILES string of the molecule is C=CCN(Cc1cccs1)C(=O)c1ccc(-c2nn[nH]n2)cc1. The molecule has 0 aliphatic carbocycles. The third-order valence-corrected chi connectivity index (χ3v) is 4.16. The second-order valence-corrected chi connectivity index (χ2v) is 5.90. The highest BCUT2D eigenvalue weighted by Crippen LogP contribution is 2.17. The zero-order chi connectivity index (χ0) is 16.1. The molecule has 0 unspecified atom stereocenters. The van der Waals surface area contributed by atoms with Crippen LogP contribution in [0.5, 0.6) is 0 Å². The molecule has 3 aromatic rings. The van der Waals surface area contributed by atoms with Crippen LogP contribution in [-0.2, 0) is 6.54 Å². The Labute approximate surface area is 137 Å². The summed E-state index contributed by atoms with van der Waals surface area (Å²) in [6.07, 6.45) is 1.74. The molecule has 0 aliphatic heterocycles. The van der Waals surface area contributed by atoms with Crippen LogP contribution in [0.25, 0.3) is 11.4 Å². The van der Waals surface area contributed by atoms with Crippen molar-refractivity contribution in [3.8, 4) is 11.4 Å². The number of benzene rings is 1. The molecule has 0 saturated heterocycles. The van der Waals surface area contributed by atoms with Gasteiger partial charge in [0.05, 0.1) is 6.54 Å². The van der Waals surface area contributed by atoms with Gasteiger partial charge in [-0.2, -0.15) is 5.21 Å². The lowest BCUT2D eigenvalue weighted by atomic mass is 10.1. The molecule has 6 nitrogen and oxygen atoms in total. The highest BCUT2D eigenvalue weighted by molar-refractivity contribution is 7.09. The molecule has 2 aromatic heterocycles. The van der Waals surface area contributed by atoms with Crippen LogP contribution in [0, 0.1) is 0 Å². The normalized spacial score (nSPS) is 10.4. The van der Waals surface area contributed by atoms with E-state index < -0.39 is 0 Å². The van der Waals surface area contributed by atoms with Crippen LogP contribution in [0.2, 0.25) is 0 Å². The van der Waals surface area contributed by atoms with Gasteiger partial charge in [0.25, 0.3) is 5.91 Å². The van der Waals surface area contributed by atoms with Crippen molar-refractivity contribution in [3.05, 3.63) is 64.9 Å². The maximum atomic E-state index is 12.7. The van der Waals surface area contributed by atoms with Gasteiger partial charge in [-0.3, -0.25) is 4.79 Å². The van der Waals surface area contributed by atoms with Gasteiger partial charge >= 0.3 is 0 Å². The lowest BCUT2D eigenvalue weighted by Gasteiger charge is -2.20. The summed E-state index contributed by atoms with van der Waals surface area (Å²) in [5.41, 5.74) is 1.43. The Hall–Kier alpha value is -2.80. The molecule has 23 heavy (non-hydrogen) atoms. The largest absolute Gasteiger partial charge is 0.330 e. The molecule has 1 aromatic carbocycles. The number of rotatable bonds is 6. The van der Waals surface area contributed by atoms with E-state index in [1.165, 1.54) is 0 Å². The third kappa shape index (κ3) is 3.51. The van der Waals surface area contributed by atoms with Crippen molar-refractivity contribution in [2.45, 2.75) is 6.54 Å². The summed E-state index contributed by atoms with van der Waals surface area (Å²) >= 11 is 1.64. The minimum Gasteiger partial charge on any atom is -0.330 e. The van der Waals surface area contributed by atoms with Gasteiger partial charge in [-0.05, 0) is 28.8 Å². The van der Waals surface area contributed by atoms with Crippen LogP contribution >= 0.6 is 11.3 Å². The number of H-pyrrole nitrogens is 1. The molecule has 0 aliphatic rings. The Bertz CT molecular complexity index is 765. The van der Waals surface area contributed by atoms with Gasteiger partial charge in [-0.25, -0.2) is 0 Å². The number of carbonyl (C=O) groups excluding carboxylic acids is 1. The van der Waals surface area contributed by atoms with Gasteiger partial charge in [0.2, 0.25) is 5.82 Å². The van der Waals surface area contributed by atoms with Crippen LogP contribution < -0.4 is 0 Å². The van der Waals surface area contributed by atoms with Crippen molar-refractivity contribution < 1.29 is 4.79 Å². The summed E-state index contributed by atoms with van der Waals surface area (Å²) in [5.74, 6) is 0.475. The predicted octanol–water partition coefficient (Wildman–Crippen LogP) is 2.76. The summed E-state index contributed by atoms with van der Waals surface area (Å²) in [5, 5.41) is 15.8. The maximum absolute atomic E-state index is 12.7. The van der Waals surface area contributed by atoms with Gasteiger partial charge in [-0.15, -0.1) is 28.1 Å². The quantitative estimate of drug-likeness (QED) is 0.707. The molecule has 116 valence electrons. The van der Waals surface area contributed by atoms with Gasteiger partial charge in [0, 0.05) is 22.5 Å². The zero-order valence-electron chi connectivity index (χ0n) is 12.3. The van der Waals surface area contributed by atoms with E-state index in [9.17, 15) is 4.79 Å². The van der Waals surface area contributed by atoms with Crippen molar-refractivity contribution in [2.75, 3.05) is 6.54 Å². The monoisotopic (exact) mass is 325 g/mol. The molecule has 0 spiro atoms. The highest BCUT2D eigenvalue weighted by Gasteiger charge is 2.16. The van der Waals surface area contributed by atoms with Crippen molar-refractivity contribution in [1.29, 1.82) is 0 Å². The first-order valence-corrected chi connectivity index (χ1v) is 7.92. The second kappa shape index (κ2) is 6.97. The first kappa shape index (κ1) is 15.1. The molecule has 1 N–H and O–H groups in total. The summed E-state index contributed by atoms with van der Waals surface area (Å²) in [7, 11) is 0. The minimum absolute atomic E-state index is 0.0297. The van der Waals surface area contributed by atoms with Crippen molar-refractivity contribution >= 4 is 17.2 Å². The number of hydrogen-bond acceptors (Lipinski definition) is 5. The second-order valence-electron chi connectivity index (χ2n) is 4.87. The van der Waals surface area contributed by atoms with Gasteiger partial charge in [0.1, 0.15) is 0 Å². The number of aromatic amines is 1. The van der Waals surface area contributed by atoms with E-state index in [4.69, 9.17) is 0 Å². The smallest absolute Gasteiger partial charge is 0.254 e. The van der Waals surface area contributed by atoms with Crippen molar-refractivity contribution in [1.82, 2.24) is 25.5 Å². The number of aromatic nitrogens is 4. The predicted molar refractivity (Wildman–Crippen MR) is 88.9 cm³/mol. The summed E-state index contributed by atoms with van der Waals surface area (Å²) in [6.45, 7) is 4.82. The first-order valence-electron chi connectivity index (χ1n) is 7.04. The summed E-state index contributed by atoms with van der Waals surface area (Å²) < 4.78 is 0. The molecule has 0 bridgehead atoms. The van der Waals surface area contributed by atoms with E-state index in [2.05, 4.69) is 27.2 Å². The van der Waals surface area contributed by atoms with E-state index in [0.29, 0.717) is 24.5 Å². The topological polar surface area (TPSA) is 74.8 Å². The van der Waals surface area contributed by atoms with Crippen LogP contribution in [0.4, 0.5) is 0 Å². The van der Waals surface area contributed by atoms with E-state index in [1.807, 2.05) is 29.6 Å². The number of thiophene rings is 1. The minimum atomic E-state index is -0.0297. The van der Waals surface area contributed by atoms with Crippen LogP contribution in [0.1, 0.15) is 15.2 Å². The number of tetrazole rings is 1. The fourth-order valence-corrected chi connectivity index (χ4v) is 2.91. The van der Waals surface area contributed by atoms with Crippen LogP contribution in [0.15, 0.2) is 54.4 Å². The average molecular weight is 325 g/mol. The fraction of sp³-hybridized carbons (Fsp3) is 0.125. The maximum Gasteiger partial charge on any atom is 0.254 e. The highest BCUT2D eigenvalue weighted by atomic mass is 32.1. The van der Waals surface area contributed by atoms with E-state index in [0.717, 1.165) is 10.4 Å². The zero-order valence-corrected chi connectivity index (χ0v) is 13.2. The Balaban J connectivity index is 1.78. The lowest BCUT2D eigenvalue weighted by molar-refractivity contribution is 0.0764. The third-order valence-electron chi connectivity index (χ3n) is 3.30. The number of carbonyl (C=O) groups is 1. The van der Waals surface area contributed by atoms with Gasteiger partial charge in [-0.1, -0.05) is 24.3 Å². The Morgan fingerprint density at radius 1 is 1.30 bits per heavy atom. The Morgan fingerprint density at radius 2 is 2.13 bits per heavy atom. The molecular weight excluding hydrogens is 310 g/mol. The van der Waals surface area contributed by atoms with Gasteiger partial charge < -0.3 is 4.90 Å². The molecule has 0 fully saturated rings. The van der Waals surface area contributed by atoms with E-state index >= 15 is 0 Å². The van der Waals surface area contributed by atoms with E-state index in [-0.39, 0.29) is 5.91 Å². The molecule has 0 radical (unpaired) electrons. The number of nitrogens with one attached hydrogen (secondary N) is 1. The number of hydrogen-bond donors (Lipinski definition) is 1. The van der Waals surface area contributed by atoms with Crippen molar-refractivity contribution in [3.63, 3.8) is 0 Å². The summed E-state index contributed by atoms with van der Waals surface area (Å²) in [4.78, 5) is 15.6. The molecule has 0 atom stereocenters. The summed E-state index contributed by atoms with van der Waals surface area (Å²) in [6, 6.07) is 11.2.